The molecule has 4 heteroatoms. The van der Waals surface area contributed by atoms with E-state index in [0.29, 0.717) is 29.2 Å². The predicted molar refractivity (Wildman–Crippen MR) is 141 cm³/mol. The fourth-order valence-corrected chi connectivity index (χ4v) is 5.88. The van der Waals surface area contributed by atoms with Crippen molar-refractivity contribution in [2.24, 2.45) is 11.8 Å². The Labute approximate surface area is 214 Å². The molecule has 2 aromatic rings. The molecule has 2 saturated carbocycles. The number of ether oxygens (including phenoxy) is 1. The molecule has 0 saturated heterocycles. The van der Waals surface area contributed by atoms with Gasteiger partial charge in [0.1, 0.15) is 0 Å². The number of alkyl halides is 3. The van der Waals surface area contributed by atoms with Crippen LogP contribution in [-0.2, 0) is 11.3 Å². The van der Waals surface area contributed by atoms with Gasteiger partial charge in [-0.05, 0) is 104 Å². The van der Waals surface area contributed by atoms with Gasteiger partial charge in [-0.1, -0.05) is 66.8 Å². The van der Waals surface area contributed by atoms with Crippen LogP contribution in [0.4, 0.5) is 13.2 Å². The molecule has 2 aliphatic rings. The van der Waals surface area contributed by atoms with Crippen LogP contribution in [-0.4, -0.2) is 6.11 Å². The second-order valence-corrected chi connectivity index (χ2v) is 10.6. The first-order valence-electron chi connectivity index (χ1n) is 13.5. The van der Waals surface area contributed by atoms with Crippen LogP contribution in [0.2, 0.25) is 0 Å². The number of allylic oxidation sites excluding steroid dienone is 3. The second-order valence-electron chi connectivity index (χ2n) is 10.6. The van der Waals surface area contributed by atoms with E-state index in [9.17, 15) is 13.2 Å². The first-order valence-corrected chi connectivity index (χ1v) is 13.5. The van der Waals surface area contributed by atoms with E-state index in [1.165, 1.54) is 30.5 Å². The van der Waals surface area contributed by atoms with Crippen molar-refractivity contribution in [3.63, 3.8) is 0 Å². The topological polar surface area (TPSA) is 9.23 Å². The molecule has 194 valence electrons. The summed E-state index contributed by atoms with van der Waals surface area (Å²) in [6, 6.07) is 14.2. The maximum atomic E-state index is 14.8. The summed E-state index contributed by atoms with van der Waals surface area (Å²) >= 11 is 0. The smallest absolute Gasteiger partial charge is 0.313 e. The van der Waals surface area contributed by atoms with Crippen molar-refractivity contribution in [1.29, 1.82) is 0 Å². The van der Waals surface area contributed by atoms with E-state index in [1.54, 1.807) is 12.1 Å². The Bertz CT molecular complexity index is 979. The lowest BCUT2D eigenvalue weighted by molar-refractivity contribution is -0.282. The lowest BCUT2D eigenvalue weighted by Gasteiger charge is -2.27. The minimum absolute atomic E-state index is 0.0487. The van der Waals surface area contributed by atoms with Crippen molar-refractivity contribution in [2.45, 2.75) is 89.0 Å². The van der Waals surface area contributed by atoms with Crippen LogP contribution in [0, 0.1) is 11.8 Å². The molecule has 36 heavy (non-hydrogen) atoms. The molecule has 2 fully saturated rings. The fraction of sp³-hybridized carbons (Fsp3) is 0.500. The van der Waals surface area contributed by atoms with E-state index in [4.69, 9.17) is 4.74 Å². The van der Waals surface area contributed by atoms with Gasteiger partial charge in [0, 0.05) is 0 Å². The molecule has 0 N–H and O–H groups in total. The molecule has 1 atom stereocenters. The van der Waals surface area contributed by atoms with Gasteiger partial charge in [0.2, 0.25) is 6.17 Å². The largest absolute Gasteiger partial charge is 0.391 e. The SMILES string of the molecule is C=CC1CCC(c2ccc(C(F)C(F)(F)OCc3ccc(C4CCC(C=CC)CC4)cc3)cc2)CC1. The summed E-state index contributed by atoms with van der Waals surface area (Å²) in [6.07, 6.45) is 8.95. The molecule has 0 amide bonds. The van der Waals surface area contributed by atoms with Crippen LogP contribution >= 0.6 is 0 Å². The summed E-state index contributed by atoms with van der Waals surface area (Å²) in [5, 5.41) is 0. The van der Waals surface area contributed by atoms with E-state index in [2.05, 4.69) is 25.7 Å². The maximum absolute atomic E-state index is 14.8. The average Bonchev–Trinajstić information content (AvgIpc) is 2.93. The number of benzene rings is 2. The van der Waals surface area contributed by atoms with Crippen LogP contribution in [0.25, 0.3) is 0 Å². The van der Waals surface area contributed by atoms with Crippen LogP contribution in [0.1, 0.15) is 98.6 Å². The molecule has 2 aliphatic carbocycles. The maximum Gasteiger partial charge on any atom is 0.391 e. The molecule has 2 aromatic carbocycles. The Morgan fingerprint density at radius 3 is 1.83 bits per heavy atom. The van der Waals surface area contributed by atoms with Gasteiger partial charge in [-0.3, -0.25) is 0 Å². The summed E-state index contributed by atoms with van der Waals surface area (Å²) in [4.78, 5) is 0. The van der Waals surface area contributed by atoms with Crippen molar-refractivity contribution in [2.75, 3.05) is 0 Å². The van der Waals surface area contributed by atoms with Crippen LogP contribution in [0.5, 0.6) is 0 Å². The monoisotopic (exact) mass is 496 g/mol. The van der Waals surface area contributed by atoms with Crippen molar-refractivity contribution in [1.82, 2.24) is 0 Å². The van der Waals surface area contributed by atoms with E-state index in [-0.39, 0.29) is 12.2 Å². The first-order chi connectivity index (χ1) is 17.4. The highest BCUT2D eigenvalue weighted by Gasteiger charge is 2.43. The van der Waals surface area contributed by atoms with Gasteiger partial charge >= 0.3 is 6.11 Å². The minimum atomic E-state index is -3.90. The summed E-state index contributed by atoms with van der Waals surface area (Å²) in [5.41, 5.74) is 2.91. The molecule has 0 bridgehead atoms. The Morgan fingerprint density at radius 1 is 0.833 bits per heavy atom. The van der Waals surface area contributed by atoms with Crippen molar-refractivity contribution < 1.29 is 17.9 Å². The Hall–Kier alpha value is -2.33. The molecule has 0 radical (unpaired) electrons. The number of rotatable bonds is 9. The van der Waals surface area contributed by atoms with Crippen molar-refractivity contribution in [3.05, 3.63) is 95.6 Å². The fourth-order valence-electron chi connectivity index (χ4n) is 5.88. The zero-order valence-corrected chi connectivity index (χ0v) is 21.4. The molecule has 0 aromatic heterocycles. The normalized spacial score (nSPS) is 26.1. The van der Waals surface area contributed by atoms with Gasteiger partial charge in [-0.15, -0.1) is 6.58 Å². The van der Waals surface area contributed by atoms with Crippen molar-refractivity contribution in [3.8, 4) is 0 Å². The Kier molecular flexibility index (Phi) is 9.11. The average molecular weight is 497 g/mol. The van der Waals surface area contributed by atoms with E-state index in [0.717, 1.165) is 44.1 Å². The summed E-state index contributed by atoms with van der Waals surface area (Å²) in [6.45, 7) is 5.61. The Balaban J connectivity index is 1.29. The molecule has 1 unspecified atom stereocenters. The third-order valence-electron chi connectivity index (χ3n) is 8.22. The third kappa shape index (κ3) is 6.70. The minimum Gasteiger partial charge on any atom is -0.313 e. The quantitative estimate of drug-likeness (QED) is 0.314. The third-order valence-corrected chi connectivity index (χ3v) is 8.22. The van der Waals surface area contributed by atoms with Gasteiger partial charge in [-0.25, -0.2) is 4.39 Å². The number of hydrogen-bond acceptors (Lipinski definition) is 1. The standard InChI is InChI=1S/C32H39F3O/c1-3-5-24-8-14-27(15-9-24)28-16-10-25(11-17-28)22-36-32(34,35)31(33)30-20-18-29(19-21-30)26-12-6-23(4-2)7-13-26/h3-5,10-11,16-21,23-24,26-27,31H,2,6-9,12-15,22H2,1H3. The van der Waals surface area contributed by atoms with Gasteiger partial charge in [0.05, 0.1) is 6.61 Å². The molecule has 0 aliphatic heterocycles. The molecule has 0 spiro atoms. The molecular formula is C32H39F3O. The summed E-state index contributed by atoms with van der Waals surface area (Å²) in [5.74, 6) is 2.14. The lowest BCUT2D eigenvalue weighted by Crippen LogP contribution is -2.27. The van der Waals surface area contributed by atoms with E-state index in [1.807, 2.05) is 30.3 Å². The van der Waals surface area contributed by atoms with Gasteiger partial charge in [-0.2, -0.15) is 8.78 Å². The second kappa shape index (κ2) is 12.3. The highest BCUT2D eigenvalue weighted by molar-refractivity contribution is 5.28. The zero-order chi connectivity index (χ0) is 25.5. The highest BCUT2D eigenvalue weighted by Crippen LogP contribution is 2.40. The van der Waals surface area contributed by atoms with Gasteiger partial charge in [0.25, 0.3) is 0 Å². The molecule has 0 heterocycles. The first kappa shape index (κ1) is 26.7. The zero-order valence-electron chi connectivity index (χ0n) is 21.4. The van der Waals surface area contributed by atoms with Gasteiger partial charge in [0.15, 0.2) is 0 Å². The predicted octanol–water partition coefficient (Wildman–Crippen LogP) is 9.82. The van der Waals surface area contributed by atoms with Crippen LogP contribution < -0.4 is 0 Å². The summed E-state index contributed by atoms with van der Waals surface area (Å²) < 4.78 is 48.8. The summed E-state index contributed by atoms with van der Waals surface area (Å²) in [7, 11) is 0. The molecule has 4 rings (SSSR count). The Morgan fingerprint density at radius 2 is 1.33 bits per heavy atom. The number of halogens is 3. The van der Waals surface area contributed by atoms with Crippen molar-refractivity contribution >= 4 is 0 Å². The van der Waals surface area contributed by atoms with Gasteiger partial charge < -0.3 is 4.74 Å². The lowest BCUT2D eigenvalue weighted by atomic mass is 9.78. The van der Waals surface area contributed by atoms with Crippen LogP contribution in [0.15, 0.2) is 73.3 Å². The van der Waals surface area contributed by atoms with E-state index < -0.39 is 12.3 Å². The highest BCUT2D eigenvalue weighted by atomic mass is 19.3. The van der Waals surface area contributed by atoms with Crippen LogP contribution in [0.3, 0.4) is 0 Å². The molecular weight excluding hydrogens is 457 g/mol. The molecule has 1 nitrogen and oxygen atoms in total. The number of hydrogen-bond donors (Lipinski definition) is 0. The van der Waals surface area contributed by atoms with E-state index >= 15 is 0 Å².